The number of hydrogen-bond acceptors (Lipinski definition) is 3. The fourth-order valence-corrected chi connectivity index (χ4v) is 3.59. The number of alkyl halides is 1. The molecule has 1 saturated carbocycles. The van der Waals surface area contributed by atoms with Crippen LogP contribution in [0.3, 0.4) is 0 Å². The van der Waals surface area contributed by atoms with Gasteiger partial charge in [-0.2, -0.15) is 0 Å². The van der Waals surface area contributed by atoms with Gasteiger partial charge in [0.05, 0.1) is 5.69 Å². The van der Waals surface area contributed by atoms with Gasteiger partial charge in [-0.15, -0.1) is 0 Å². The molecule has 0 unspecified atom stereocenters. The van der Waals surface area contributed by atoms with Crippen molar-refractivity contribution in [3.63, 3.8) is 0 Å². The van der Waals surface area contributed by atoms with Crippen molar-refractivity contribution >= 4 is 23.5 Å². The highest BCUT2D eigenvalue weighted by molar-refractivity contribution is 6.10. The second kappa shape index (κ2) is 6.99. The highest BCUT2D eigenvalue weighted by atomic mass is 19.1. The van der Waals surface area contributed by atoms with Crippen molar-refractivity contribution in [3.8, 4) is 11.1 Å². The number of fused-ring (bicyclic) bond motifs is 3. The average molecular weight is 396 g/mol. The van der Waals surface area contributed by atoms with Gasteiger partial charge in [-0.25, -0.2) is 9.18 Å². The Bertz CT molecular complexity index is 1000. The van der Waals surface area contributed by atoms with Crippen molar-refractivity contribution in [2.75, 3.05) is 11.4 Å². The van der Waals surface area contributed by atoms with E-state index in [9.17, 15) is 18.8 Å². The lowest BCUT2D eigenvalue weighted by Gasteiger charge is -2.27. The van der Waals surface area contributed by atoms with Crippen LogP contribution < -0.4 is 10.2 Å². The zero-order valence-electron chi connectivity index (χ0n) is 15.9. The van der Waals surface area contributed by atoms with Gasteiger partial charge >= 0.3 is 5.97 Å². The molecule has 7 heteroatoms. The normalized spacial score (nSPS) is 20.1. The number of carboxylic acid groups (broad SMARTS) is 1. The topological polar surface area (TPSA) is 86.7 Å². The van der Waals surface area contributed by atoms with Crippen molar-refractivity contribution in [1.82, 2.24) is 5.32 Å². The SMILES string of the molecule is C[C@@](F)(C(=O)O)C(=O)N[C@@H]1C(=O)N(CC2CC2)c2ccccc2-c2ccccc21. The van der Waals surface area contributed by atoms with Crippen LogP contribution in [0.2, 0.25) is 0 Å². The minimum absolute atomic E-state index is 0.384. The van der Waals surface area contributed by atoms with Gasteiger partial charge in [-0.3, -0.25) is 9.59 Å². The van der Waals surface area contributed by atoms with Gasteiger partial charge in [0.15, 0.2) is 0 Å². The van der Waals surface area contributed by atoms with Gasteiger partial charge in [0.1, 0.15) is 6.04 Å². The minimum atomic E-state index is -3.14. The van der Waals surface area contributed by atoms with Crippen LogP contribution in [0.5, 0.6) is 0 Å². The number of para-hydroxylation sites is 1. The number of nitrogens with zero attached hydrogens (tertiary/aromatic N) is 1. The molecule has 29 heavy (non-hydrogen) atoms. The molecule has 1 aliphatic heterocycles. The third kappa shape index (κ3) is 3.37. The van der Waals surface area contributed by atoms with Gasteiger partial charge in [-0.05, 0) is 42.9 Å². The molecule has 2 N–H and O–H groups in total. The van der Waals surface area contributed by atoms with E-state index in [1.807, 2.05) is 36.4 Å². The molecule has 2 aromatic rings. The third-order valence-corrected chi connectivity index (χ3v) is 5.51. The van der Waals surface area contributed by atoms with Gasteiger partial charge in [-0.1, -0.05) is 42.5 Å². The molecule has 150 valence electrons. The molecule has 0 spiro atoms. The molecule has 0 bridgehead atoms. The summed E-state index contributed by atoms with van der Waals surface area (Å²) in [5, 5.41) is 11.4. The largest absolute Gasteiger partial charge is 0.478 e. The molecule has 0 radical (unpaired) electrons. The fraction of sp³-hybridized carbons (Fsp3) is 0.318. The first kappa shape index (κ1) is 19.1. The monoisotopic (exact) mass is 396 g/mol. The Morgan fingerprint density at radius 1 is 1.14 bits per heavy atom. The van der Waals surface area contributed by atoms with E-state index >= 15 is 0 Å². The summed E-state index contributed by atoms with van der Waals surface area (Å²) in [6.07, 6.45) is 2.05. The van der Waals surface area contributed by atoms with E-state index in [0.29, 0.717) is 24.9 Å². The summed E-state index contributed by atoms with van der Waals surface area (Å²) in [6, 6.07) is 13.4. The molecule has 0 saturated heterocycles. The van der Waals surface area contributed by atoms with E-state index in [0.717, 1.165) is 29.7 Å². The van der Waals surface area contributed by atoms with E-state index in [1.165, 1.54) is 0 Å². The fourth-order valence-electron chi connectivity index (χ4n) is 3.59. The quantitative estimate of drug-likeness (QED) is 0.761. The number of benzene rings is 2. The Morgan fingerprint density at radius 2 is 1.76 bits per heavy atom. The van der Waals surface area contributed by atoms with Crippen LogP contribution in [0.25, 0.3) is 11.1 Å². The Labute approximate surface area is 167 Å². The molecule has 1 aliphatic carbocycles. The van der Waals surface area contributed by atoms with E-state index < -0.39 is 29.5 Å². The number of amides is 2. The van der Waals surface area contributed by atoms with Crippen LogP contribution in [0, 0.1) is 5.92 Å². The van der Waals surface area contributed by atoms with Crippen molar-refractivity contribution in [2.45, 2.75) is 31.5 Å². The maximum Gasteiger partial charge on any atom is 0.351 e. The van der Waals surface area contributed by atoms with Gasteiger partial charge in [0.25, 0.3) is 17.5 Å². The Hall–Kier alpha value is -3.22. The first-order valence-corrected chi connectivity index (χ1v) is 9.53. The summed E-state index contributed by atoms with van der Waals surface area (Å²) in [4.78, 5) is 38.7. The van der Waals surface area contributed by atoms with Crippen molar-refractivity contribution in [1.29, 1.82) is 0 Å². The highest BCUT2D eigenvalue weighted by Gasteiger charge is 2.45. The number of nitrogens with one attached hydrogen (secondary N) is 1. The summed E-state index contributed by atoms with van der Waals surface area (Å²) in [7, 11) is 0. The summed E-state index contributed by atoms with van der Waals surface area (Å²) >= 11 is 0. The number of hydrogen-bond donors (Lipinski definition) is 2. The van der Waals surface area contributed by atoms with Crippen LogP contribution in [0.4, 0.5) is 10.1 Å². The van der Waals surface area contributed by atoms with Crippen LogP contribution in [-0.4, -0.2) is 35.1 Å². The van der Waals surface area contributed by atoms with Gasteiger partial charge < -0.3 is 15.3 Å². The average Bonchev–Trinajstić information content (AvgIpc) is 3.54. The maximum absolute atomic E-state index is 14.4. The smallest absolute Gasteiger partial charge is 0.351 e. The van der Waals surface area contributed by atoms with Crippen LogP contribution >= 0.6 is 0 Å². The van der Waals surface area contributed by atoms with Crippen molar-refractivity contribution < 1.29 is 23.9 Å². The van der Waals surface area contributed by atoms with E-state index in [1.54, 1.807) is 17.0 Å². The van der Waals surface area contributed by atoms with Gasteiger partial charge in [0.2, 0.25) is 0 Å². The number of rotatable bonds is 5. The number of carboxylic acids is 1. The highest BCUT2D eigenvalue weighted by Crippen LogP contribution is 2.42. The summed E-state index contributed by atoms with van der Waals surface area (Å²) in [5.41, 5.74) is -0.311. The molecule has 6 nitrogen and oxygen atoms in total. The standard InChI is InChI=1S/C22H21FN2O4/c1-22(23,21(28)29)20(27)24-18-16-8-3-2-6-14(16)15-7-4-5-9-17(15)25(19(18)26)12-13-10-11-13/h2-9,13,18H,10-12H2,1H3,(H,24,27)(H,28,29)/t18-,22-/m0/s1. The lowest BCUT2D eigenvalue weighted by Crippen LogP contribution is -2.51. The predicted octanol–water partition coefficient (Wildman–Crippen LogP) is 3.08. The molecular weight excluding hydrogens is 375 g/mol. The van der Waals surface area contributed by atoms with Crippen molar-refractivity contribution in [3.05, 3.63) is 54.1 Å². The molecule has 0 aromatic heterocycles. The van der Waals surface area contributed by atoms with E-state index in [-0.39, 0.29) is 0 Å². The Morgan fingerprint density at radius 3 is 2.41 bits per heavy atom. The molecular formula is C22H21FN2O4. The van der Waals surface area contributed by atoms with Gasteiger partial charge in [0, 0.05) is 12.1 Å². The number of carbonyl (C=O) groups is 3. The Balaban J connectivity index is 1.82. The molecule has 1 fully saturated rings. The molecule has 1 heterocycles. The number of anilines is 1. The van der Waals surface area contributed by atoms with Crippen LogP contribution in [-0.2, 0) is 14.4 Å². The lowest BCUT2D eigenvalue weighted by molar-refractivity contribution is -0.157. The number of aliphatic carboxylic acids is 1. The zero-order chi connectivity index (χ0) is 20.8. The zero-order valence-corrected chi connectivity index (χ0v) is 15.9. The summed E-state index contributed by atoms with van der Waals surface area (Å²) in [6.45, 7) is 1.18. The molecule has 2 atom stereocenters. The number of carbonyl (C=O) groups excluding carboxylic acids is 2. The van der Waals surface area contributed by atoms with Crippen molar-refractivity contribution in [2.24, 2.45) is 5.92 Å². The maximum atomic E-state index is 14.4. The van der Waals surface area contributed by atoms with E-state index in [4.69, 9.17) is 5.11 Å². The lowest BCUT2D eigenvalue weighted by atomic mass is 9.95. The number of halogens is 1. The third-order valence-electron chi connectivity index (χ3n) is 5.51. The summed E-state index contributed by atoms with van der Waals surface area (Å²) < 4.78 is 14.4. The Kier molecular flexibility index (Phi) is 4.61. The molecule has 4 rings (SSSR count). The first-order chi connectivity index (χ1) is 13.8. The first-order valence-electron chi connectivity index (χ1n) is 9.53. The summed E-state index contributed by atoms with van der Waals surface area (Å²) in [5.74, 6) is -3.27. The second-order valence-corrected chi connectivity index (χ2v) is 7.71. The predicted molar refractivity (Wildman–Crippen MR) is 105 cm³/mol. The second-order valence-electron chi connectivity index (χ2n) is 7.71. The molecule has 2 aliphatic rings. The van der Waals surface area contributed by atoms with E-state index in [2.05, 4.69) is 5.32 Å². The van der Waals surface area contributed by atoms with Crippen LogP contribution in [0.15, 0.2) is 48.5 Å². The molecule has 2 amide bonds. The van der Waals surface area contributed by atoms with Crippen LogP contribution in [0.1, 0.15) is 31.4 Å². The minimum Gasteiger partial charge on any atom is -0.478 e. The molecule has 2 aromatic carbocycles.